The lowest BCUT2D eigenvalue weighted by Crippen LogP contribution is -2.11. The van der Waals surface area contributed by atoms with Crippen LogP contribution in [0.5, 0.6) is 0 Å². The van der Waals surface area contributed by atoms with Gasteiger partial charge in [0.25, 0.3) is 5.91 Å². The molecule has 1 amide bonds. The van der Waals surface area contributed by atoms with Crippen LogP contribution in [0.1, 0.15) is 10.4 Å². The van der Waals surface area contributed by atoms with Crippen molar-refractivity contribution in [1.29, 1.82) is 0 Å². The van der Waals surface area contributed by atoms with Crippen molar-refractivity contribution in [1.82, 2.24) is 4.57 Å². The zero-order valence-electron chi connectivity index (χ0n) is 10.9. The number of nitrogens with one attached hydrogen (secondary N) is 1. The minimum atomic E-state index is -0.153. The van der Waals surface area contributed by atoms with Gasteiger partial charge in [-0.1, -0.05) is 18.2 Å². The second-order valence-corrected chi connectivity index (χ2v) is 6.12. The summed E-state index contributed by atoms with van der Waals surface area (Å²) in [6.07, 6.45) is 0. The normalized spacial score (nSPS) is 10.7. The SMILES string of the molecule is O=C(Nc1ccc2c(c1)sc(=S)n2CO)c1ccccc1. The van der Waals surface area contributed by atoms with E-state index in [1.165, 1.54) is 11.3 Å². The molecule has 0 saturated carbocycles. The number of thiazole rings is 1. The molecule has 3 aromatic rings. The van der Waals surface area contributed by atoms with Gasteiger partial charge in [-0.3, -0.25) is 9.36 Å². The van der Waals surface area contributed by atoms with E-state index in [-0.39, 0.29) is 12.6 Å². The van der Waals surface area contributed by atoms with E-state index in [1.807, 2.05) is 30.3 Å². The summed E-state index contributed by atoms with van der Waals surface area (Å²) in [6, 6.07) is 14.6. The summed E-state index contributed by atoms with van der Waals surface area (Å²) in [5.74, 6) is -0.153. The molecule has 2 aromatic carbocycles. The quantitative estimate of drug-likeness (QED) is 0.725. The summed E-state index contributed by atoms with van der Waals surface area (Å²) in [4.78, 5) is 12.1. The Balaban J connectivity index is 1.92. The number of amides is 1. The Kier molecular flexibility index (Phi) is 3.83. The van der Waals surface area contributed by atoms with Crippen LogP contribution in [0.25, 0.3) is 10.2 Å². The lowest BCUT2D eigenvalue weighted by molar-refractivity contribution is 0.102. The highest BCUT2D eigenvalue weighted by Gasteiger charge is 2.08. The molecule has 0 radical (unpaired) electrons. The van der Waals surface area contributed by atoms with Crippen LogP contribution < -0.4 is 5.32 Å². The molecule has 0 aliphatic heterocycles. The summed E-state index contributed by atoms with van der Waals surface area (Å²) in [7, 11) is 0. The smallest absolute Gasteiger partial charge is 0.255 e. The highest BCUT2D eigenvalue weighted by molar-refractivity contribution is 7.73. The first-order valence-electron chi connectivity index (χ1n) is 6.29. The first kappa shape index (κ1) is 13.9. The van der Waals surface area contributed by atoms with Gasteiger partial charge in [-0.05, 0) is 42.5 Å². The average Bonchev–Trinajstić information content (AvgIpc) is 2.82. The molecule has 0 fully saturated rings. The number of hydrogen-bond donors (Lipinski definition) is 2. The zero-order valence-corrected chi connectivity index (χ0v) is 12.6. The number of aliphatic hydroxyl groups excluding tert-OH is 1. The second kappa shape index (κ2) is 5.77. The number of aliphatic hydroxyl groups is 1. The highest BCUT2D eigenvalue weighted by Crippen LogP contribution is 2.26. The molecule has 2 N–H and O–H groups in total. The van der Waals surface area contributed by atoms with Gasteiger partial charge in [-0.2, -0.15) is 0 Å². The average molecular weight is 316 g/mol. The summed E-state index contributed by atoms with van der Waals surface area (Å²) in [6.45, 7) is -0.144. The van der Waals surface area contributed by atoms with Gasteiger partial charge < -0.3 is 10.4 Å². The molecule has 1 aromatic heterocycles. The van der Waals surface area contributed by atoms with Gasteiger partial charge in [0.2, 0.25) is 0 Å². The third-order valence-corrected chi connectivity index (χ3v) is 4.52. The number of fused-ring (bicyclic) bond motifs is 1. The Morgan fingerprint density at radius 3 is 2.71 bits per heavy atom. The van der Waals surface area contributed by atoms with Crippen molar-refractivity contribution in [3.8, 4) is 0 Å². The van der Waals surface area contributed by atoms with Gasteiger partial charge in [-0.25, -0.2) is 0 Å². The maximum Gasteiger partial charge on any atom is 0.255 e. The second-order valence-electron chi connectivity index (χ2n) is 4.44. The summed E-state index contributed by atoms with van der Waals surface area (Å²) >= 11 is 6.60. The Labute approximate surface area is 130 Å². The number of aromatic nitrogens is 1. The lowest BCUT2D eigenvalue weighted by Gasteiger charge is -2.06. The molecule has 21 heavy (non-hydrogen) atoms. The zero-order chi connectivity index (χ0) is 14.8. The van der Waals surface area contributed by atoms with Crippen molar-refractivity contribution in [3.05, 3.63) is 58.0 Å². The van der Waals surface area contributed by atoms with Crippen LogP contribution in [0, 0.1) is 3.95 Å². The third-order valence-electron chi connectivity index (χ3n) is 3.10. The van der Waals surface area contributed by atoms with E-state index in [0.717, 1.165) is 10.2 Å². The predicted molar refractivity (Wildman–Crippen MR) is 87.3 cm³/mol. The van der Waals surface area contributed by atoms with Crippen molar-refractivity contribution in [2.45, 2.75) is 6.73 Å². The fourth-order valence-electron chi connectivity index (χ4n) is 2.07. The maximum absolute atomic E-state index is 12.1. The molecule has 0 spiro atoms. The topological polar surface area (TPSA) is 54.3 Å². The van der Waals surface area contributed by atoms with Crippen molar-refractivity contribution in [2.75, 3.05) is 5.32 Å². The first-order chi connectivity index (χ1) is 10.2. The van der Waals surface area contributed by atoms with E-state index in [4.69, 9.17) is 12.2 Å². The summed E-state index contributed by atoms with van der Waals surface area (Å²) in [5.41, 5.74) is 2.18. The monoisotopic (exact) mass is 316 g/mol. The van der Waals surface area contributed by atoms with Gasteiger partial charge in [0, 0.05) is 11.3 Å². The fraction of sp³-hybridized carbons (Fsp3) is 0.0667. The van der Waals surface area contributed by atoms with Crippen LogP contribution in [0.3, 0.4) is 0 Å². The first-order valence-corrected chi connectivity index (χ1v) is 7.52. The Morgan fingerprint density at radius 1 is 1.24 bits per heavy atom. The molecule has 0 bridgehead atoms. The third kappa shape index (κ3) is 2.73. The van der Waals surface area contributed by atoms with Crippen LogP contribution in [-0.2, 0) is 6.73 Å². The van der Waals surface area contributed by atoms with E-state index in [2.05, 4.69) is 5.32 Å². The molecule has 4 nitrogen and oxygen atoms in total. The molecular formula is C15H12N2O2S2. The number of benzene rings is 2. The van der Waals surface area contributed by atoms with Crippen LogP contribution in [0.4, 0.5) is 5.69 Å². The summed E-state index contributed by atoms with van der Waals surface area (Å²) < 4.78 is 3.19. The van der Waals surface area contributed by atoms with Crippen LogP contribution in [0.2, 0.25) is 0 Å². The van der Waals surface area contributed by atoms with Gasteiger partial charge in [0.15, 0.2) is 3.95 Å². The van der Waals surface area contributed by atoms with Gasteiger partial charge >= 0.3 is 0 Å². The fourth-order valence-corrected chi connectivity index (χ4v) is 3.42. The van der Waals surface area contributed by atoms with Gasteiger partial charge in [0.05, 0.1) is 10.2 Å². The molecule has 106 valence electrons. The molecule has 1 heterocycles. The number of anilines is 1. The number of carbonyl (C=O) groups is 1. The predicted octanol–water partition coefficient (Wildman–Crippen LogP) is 3.63. The van der Waals surface area contributed by atoms with Gasteiger partial charge in [0.1, 0.15) is 6.73 Å². The van der Waals surface area contributed by atoms with E-state index in [1.54, 1.807) is 22.8 Å². The Bertz CT molecular complexity index is 853. The minimum Gasteiger partial charge on any atom is -0.376 e. The molecule has 0 aliphatic rings. The molecule has 0 saturated heterocycles. The maximum atomic E-state index is 12.1. The lowest BCUT2D eigenvalue weighted by atomic mass is 10.2. The van der Waals surface area contributed by atoms with E-state index in [0.29, 0.717) is 15.2 Å². The largest absolute Gasteiger partial charge is 0.376 e. The molecular weight excluding hydrogens is 304 g/mol. The van der Waals surface area contributed by atoms with Crippen molar-refractivity contribution < 1.29 is 9.90 Å². The number of hydrogen-bond acceptors (Lipinski definition) is 4. The van der Waals surface area contributed by atoms with Crippen LogP contribution in [-0.4, -0.2) is 15.6 Å². The molecule has 0 atom stereocenters. The summed E-state index contributed by atoms with van der Waals surface area (Å²) in [5, 5.41) is 12.2. The van der Waals surface area contributed by atoms with Crippen LogP contribution >= 0.6 is 23.6 Å². The van der Waals surface area contributed by atoms with Crippen molar-refractivity contribution in [3.63, 3.8) is 0 Å². The number of nitrogens with zero attached hydrogens (tertiary/aromatic N) is 1. The highest BCUT2D eigenvalue weighted by atomic mass is 32.1. The molecule has 0 aliphatic carbocycles. The van der Waals surface area contributed by atoms with E-state index < -0.39 is 0 Å². The Hall–Kier alpha value is -2.02. The van der Waals surface area contributed by atoms with Crippen molar-refractivity contribution in [2.24, 2.45) is 0 Å². The number of carbonyl (C=O) groups excluding carboxylic acids is 1. The number of rotatable bonds is 3. The van der Waals surface area contributed by atoms with Crippen molar-refractivity contribution >= 4 is 45.4 Å². The standard InChI is InChI=1S/C15H12N2O2S2/c18-9-17-12-7-6-11(8-13(12)21-15(17)20)16-14(19)10-4-2-1-3-5-10/h1-8,18H,9H2,(H,16,19). The Morgan fingerprint density at radius 2 is 2.00 bits per heavy atom. The van der Waals surface area contributed by atoms with E-state index >= 15 is 0 Å². The minimum absolute atomic E-state index is 0.144. The molecule has 6 heteroatoms. The molecule has 3 rings (SSSR count). The van der Waals surface area contributed by atoms with Crippen LogP contribution in [0.15, 0.2) is 48.5 Å². The van der Waals surface area contributed by atoms with Gasteiger partial charge in [-0.15, -0.1) is 11.3 Å². The molecule has 0 unspecified atom stereocenters. The van der Waals surface area contributed by atoms with E-state index in [9.17, 15) is 9.90 Å².